The maximum Gasteiger partial charge on any atom is 0.410 e. The van der Waals surface area contributed by atoms with E-state index in [0.29, 0.717) is 26.2 Å². The molecule has 0 aromatic heterocycles. The third kappa shape index (κ3) is 3.01. The largest absolute Gasteiger partial charge is 0.445 e. The van der Waals surface area contributed by atoms with Crippen molar-refractivity contribution >= 4 is 6.09 Å². The van der Waals surface area contributed by atoms with Gasteiger partial charge in [0, 0.05) is 13.0 Å². The van der Waals surface area contributed by atoms with Crippen LogP contribution in [0, 0.1) is 0 Å². The molecule has 21 heavy (non-hydrogen) atoms. The highest BCUT2D eigenvalue weighted by molar-refractivity contribution is 5.67. The van der Waals surface area contributed by atoms with Crippen LogP contribution in [0.1, 0.15) is 12.0 Å². The van der Waals surface area contributed by atoms with Crippen molar-refractivity contribution in [2.75, 3.05) is 26.3 Å². The Bertz CT molecular complexity index is 490. The summed E-state index contributed by atoms with van der Waals surface area (Å²) >= 11 is 0. The molecule has 2 fully saturated rings. The molecule has 0 unspecified atom stereocenters. The Balaban J connectivity index is 1.52. The zero-order valence-corrected chi connectivity index (χ0v) is 11.7. The van der Waals surface area contributed by atoms with Gasteiger partial charge in [-0.15, -0.1) is 0 Å². The lowest BCUT2D eigenvalue weighted by atomic mass is 10.0. The number of nitrogens with zero attached hydrogens (tertiary/aromatic N) is 1. The molecule has 1 aromatic rings. The van der Waals surface area contributed by atoms with E-state index in [2.05, 4.69) is 0 Å². The standard InChI is InChI=1S/C15H18FNO4/c16-13-10-17(7-6-15(13)20-8-9-21-15)14(18)19-11-12-4-2-1-3-5-12/h1-5,13H,6-11H2/t13-/m1/s1. The third-order valence-electron chi connectivity index (χ3n) is 3.83. The molecule has 0 radical (unpaired) electrons. The number of rotatable bonds is 2. The van der Waals surface area contributed by atoms with Crippen molar-refractivity contribution in [1.82, 2.24) is 4.90 Å². The number of carbonyl (C=O) groups is 1. The number of ether oxygens (including phenoxy) is 3. The van der Waals surface area contributed by atoms with Gasteiger partial charge in [-0.25, -0.2) is 9.18 Å². The van der Waals surface area contributed by atoms with Crippen molar-refractivity contribution in [2.45, 2.75) is 25.0 Å². The van der Waals surface area contributed by atoms with E-state index >= 15 is 0 Å². The summed E-state index contributed by atoms with van der Waals surface area (Å²) in [6, 6.07) is 9.39. The summed E-state index contributed by atoms with van der Waals surface area (Å²) in [5.41, 5.74) is 0.901. The van der Waals surface area contributed by atoms with Gasteiger partial charge in [-0.3, -0.25) is 0 Å². The normalized spacial score (nSPS) is 24.2. The van der Waals surface area contributed by atoms with E-state index in [-0.39, 0.29) is 13.2 Å². The minimum absolute atomic E-state index is 0.0619. The molecule has 3 rings (SSSR count). The highest BCUT2D eigenvalue weighted by Crippen LogP contribution is 2.33. The summed E-state index contributed by atoms with van der Waals surface area (Å²) in [7, 11) is 0. The van der Waals surface area contributed by atoms with Crippen molar-refractivity contribution < 1.29 is 23.4 Å². The number of amides is 1. The fourth-order valence-corrected chi connectivity index (χ4v) is 2.64. The number of piperidine rings is 1. The number of likely N-dealkylation sites (tertiary alicyclic amines) is 1. The number of carbonyl (C=O) groups excluding carboxylic acids is 1. The number of benzene rings is 1. The van der Waals surface area contributed by atoms with Crippen LogP contribution in [0.3, 0.4) is 0 Å². The van der Waals surface area contributed by atoms with Gasteiger partial charge >= 0.3 is 6.09 Å². The summed E-state index contributed by atoms with van der Waals surface area (Å²) in [6.07, 6.45) is -1.53. The molecule has 1 atom stereocenters. The number of hydrogen-bond donors (Lipinski definition) is 0. The molecule has 6 heteroatoms. The molecule has 2 aliphatic rings. The van der Waals surface area contributed by atoms with E-state index < -0.39 is 18.1 Å². The molecule has 1 aromatic carbocycles. The highest BCUT2D eigenvalue weighted by atomic mass is 19.1. The number of alkyl halides is 1. The molecular formula is C15H18FNO4. The van der Waals surface area contributed by atoms with Crippen molar-refractivity contribution in [3.05, 3.63) is 35.9 Å². The van der Waals surface area contributed by atoms with Crippen LogP contribution < -0.4 is 0 Å². The maximum atomic E-state index is 14.2. The summed E-state index contributed by atoms with van der Waals surface area (Å²) in [5.74, 6) is -1.16. The van der Waals surface area contributed by atoms with Crippen LogP contribution in [-0.2, 0) is 20.8 Å². The summed E-state index contributed by atoms with van der Waals surface area (Å²) in [6.45, 7) is 1.30. The first-order chi connectivity index (χ1) is 10.2. The topological polar surface area (TPSA) is 48.0 Å². The van der Waals surface area contributed by atoms with Gasteiger partial charge in [0.15, 0.2) is 6.17 Å². The second-order valence-corrected chi connectivity index (χ2v) is 5.21. The molecule has 0 N–H and O–H groups in total. The minimum Gasteiger partial charge on any atom is -0.445 e. The predicted octanol–water partition coefficient (Wildman–Crippen LogP) is 2.11. The molecule has 0 bridgehead atoms. The molecule has 5 nitrogen and oxygen atoms in total. The first-order valence-corrected chi connectivity index (χ1v) is 7.07. The van der Waals surface area contributed by atoms with Gasteiger partial charge in [0.05, 0.1) is 19.8 Å². The molecule has 2 saturated heterocycles. The first-order valence-electron chi connectivity index (χ1n) is 7.07. The van der Waals surface area contributed by atoms with E-state index in [9.17, 15) is 9.18 Å². The molecule has 2 heterocycles. The Morgan fingerprint density at radius 3 is 2.71 bits per heavy atom. The van der Waals surface area contributed by atoms with Gasteiger partial charge in [0.2, 0.25) is 5.79 Å². The molecule has 0 saturated carbocycles. The highest BCUT2D eigenvalue weighted by Gasteiger charge is 2.49. The van der Waals surface area contributed by atoms with Crippen LogP contribution in [0.15, 0.2) is 30.3 Å². The third-order valence-corrected chi connectivity index (χ3v) is 3.83. The van der Waals surface area contributed by atoms with Gasteiger partial charge in [-0.05, 0) is 5.56 Å². The second kappa shape index (κ2) is 5.99. The average Bonchev–Trinajstić information content (AvgIpc) is 2.99. The Labute approximate surface area is 122 Å². The van der Waals surface area contributed by atoms with Gasteiger partial charge < -0.3 is 19.1 Å². The molecule has 1 spiro atoms. The zero-order valence-electron chi connectivity index (χ0n) is 11.7. The monoisotopic (exact) mass is 295 g/mol. The average molecular weight is 295 g/mol. The Morgan fingerprint density at radius 2 is 2.05 bits per heavy atom. The molecular weight excluding hydrogens is 277 g/mol. The van der Waals surface area contributed by atoms with Crippen LogP contribution in [-0.4, -0.2) is 49.3 Å². The van der Waals surface area contributed by atoms with Crippen molar-refractivity contribution in [3.63, 3.8) is 0 Å². The molecule has 1 amide bonds. The van der Waals surface area contributed by atoms with Gasteiger partial charge in [0.25, 0.3) is 0 Å². The summed E-state index contributed by atoms with van der Waals surface area (Å²) in [5, 5.41) is 0. The van der Waals surface area contributed by atoms with Gasteiger partial charge in [-0.1, -0.05) is 30.3 Å². The minimum atomic E-state index is -1.35. The Kier molecular flexibility index (Phi) is 4.07. The number of halogens is 1. The van der Waals surface area contributed by atoms with Crippen LogP contribution in [0.2, 0.25) is 0 Å². The lowest BCUT2D eigenvalue weighted by Gasteiger charge is -2.39. The van der Waals surface area contributed by atoms with Crippen LogP contribution in [0.25, 0.3) is 0 Å². The van der Waals surface area contributed by atoms with Gasteiger partial charge in [-0.2, -0.15) is 0 Å². The maximum absolute atomic E-state index is 14.2. The van der Waals surface area contributed by atoms with E-state index in [1.165, 1.54) is 4.90 Å². The fraction of sp³-hybridized carbons (Fsp3) is 0.533. The van der Waals surface area contributed by atoms with Crippen molar-refractivity contribution in [3.8, 4) is 0 Å². The quantitative estimate of drug-likeness (QED) is 0.838. The second-order valence-electron chi connectivity index (χ2n) is 5.21. The zero-order chi connectivity index (χ0) is 14.7. The number of hydrogen-bond acceptors (Lipinski definition) is 4. The molecule has 0 aliphatic carbocycles. The van der Waals surface area contributed by atoms with Crippen molar-refractivity contribution in [2.24, 2.45) is 0 Å². The first kappa shape index (κ1) is 14.3. The fourth-order valence-electron chi connectivity index (χ4n) is 2.64. The predicted molar refractivity (Wildman–Crippen MR) is 72.3 cm³/mol. The Morgan fingerprint density at radius 1 is 1.33 bits per heavy atom. The summed E-state index contributed by atoms with van der Waals surface area (Å²) < 4.78 is 30.2. The smallest absolute Gasteiger partial charge is 0.410 e. The molecule has 2 aliphatic heterocycles. The van der Waals surface area contributed by atoms with E-state index in [0.717, 1.165) is 5.56 Å². The lowest BCUT2D eigenvalue weighted by Crippen LogP contribution is -2.55. The van der Waals surface area contributed by atoms with Crippen LogP contribution in [0.5, 0.6) is 0 Å². The van der Waals surface area contributed by atoms with E-state index in [4.69, 9.17) is 14.2 Å². The van der Waals surface area contributed by atoms with Crippen LogP contribution >= 0.6 is 0 Å². The lowest BCUT2D eigenvalue weighted by molar-refractivity contribution is -0.221. The van der Waals surface area contributed by atoms with E-state index in [1.54, 1.807) is 0 Å². The van der Waals surface area contributed by atoms with Crippen LogP contribution in [0.4, 0.5) is 9.18 Å². The molecule has 114 valence electrons. The van der Waals surface area contributed by atoms with E-state index in [1.807, 2.05) is 30.3 Å². The van der Waals surface area contributed by atoms with Gasteiger partial charge in [0.1, 0.15) is 6.61 Å². The van der Waals surface area contributed by atoms with Crippen molar-refractivity contribution in [1.29, 1.82) is 0 Å². The summed E-state index contributed by atoms with van der Waals surface area (Å²) in [4.78, 5) is 13.3. The SMILES string of the molecule is O=C(OCc1ccccc1)N1CCC2(OCCO2)[C@H](F)C1. The Hall–Kier alpha value is -1.66.